The molecular formula is C22H19N5O2S. The van der Waals surface area contributed by atoms with Crippen molar-refractivity contribution in [3.63, 3.8) is 0 Å². The Hall–Kier alpha value is -3.36. The predicted octanol–water partition coefficient (Wildman–Crippen LogP) is 4.24. The molecule has 0 aromatic carbocycles. The van der Waals surface area contributed by atoms with E-state index in [2.05, 4.69) is 20.3 Å². The molecule has 0 unspecified atom stereocenters. The van der Waals surface area contributed by atoms with E-state index < -0.39 is 0 Å². The van der Waals surface area contributed by atoms with Crippen LogP contribution in [0.2, 0.25) is 0 Å². The van der Waals surface area contributed by atoms with E-state index in [1.165, 1.54) is 11.3 Å². The molecule has 5 rings (SSSR count). The topological polar surface area (TPSA) is 81.9 Å². The minimum Gasteiger partial charge on any atom is -0.362 e. The average molecular weight is 417 g/mol. The number of anilines is 1. The molecule has 0 spiro atoms. The van der Waals surface area contributed by atoms with Gasteiger partial charge in [0.1, 0.15) is 17.9 Å². The number of hydrogen-bond acceptors (Lipinski definition) is 6. The number of hydrogen-bond donors (Lipinski definition) is 1. The largest absolute Gasteiger partial charge is 0.362 e. The molecule has 1 fully saturated rings. The Morgan fingerprint density at radius 1 is 1.10 bits per heavy atom. The maximum absolute atomic E-state index is 12.8. The summed E-state index contributed by atoms with van der Waals surface area (Å²) in [6.07, 6.45) is 7.94. The fraction of sp³-hybridized carbons (Fsp3) is 0.182. The van der Waals surface area contributed by atoms with Crippen molar-refractivity contribution in [1.29, 1.82) is 0 Å². The standard InChI is InChI=1S/C22H19N5O2S/c28-21(18-5-3-11-27(18)13-15-6-9-23-10-7-15)26-22-25-17(14-30-22)20-12-19(29-20)16-4-1-2-8-24-16/h1-11,14,19-20H,12-13H2,(H,25,26,28)/t19-,20-/m0/s1. The van der Waals surface area contributed by atoms with Crippen LogP contribution in [0.3, 0.4) is 0 Å². The van der Waals surface area contributed by atoms with Crippen molar-refractivity contribution in [2.24, 2.45) is 0 Å². The van der Waals surface area contributed by atoms with E-state index in [9.17, 15) is 4.79 Å². The Labute approximate surface area is 177 Å². The van der Waals surface area contributed by atoms with E-state index in [4.69, 9.17) is 4.74 Å². The van der Waals surface area contributed by atoms with Gasteiger partial charge in [-0.15, -0.1) is 11.3 Å². The molecule has 2 atom stereocenters. The van der Waals surface area contributed by atoms with Gasteiger partial charge in [0.2, 0.25) is 0 Å². The Bertz CT molecular complexity index is 1140. The first-order valence-electron chi connectivity index (χ1n) is 9.63. The number of thiazole rings is 1. The normalized spacial score (nSPS) is 18.0. The second-order valence-electron chi connectivity index (χ2n) is 7.01. The highest BCUT2D eigenvalue weighted by Crippen LogP contribution is 2.44. The molecule has 0 bridgehead atoms. The first kappa shape index (κ1) is 18.7. The fourth-order valence-corrected chi connectivity index (χ4v) is 4.17. The van der Waals surface area contributed by atoms with Crippen molar-refractivity contribution in [3.05, 3.63) is 95.3 Å². The first-order chi connectivity index (χ1) is 14.8. The molecule has 1 amide bonds. The molecule has 7 nitrogen and oxygen atoms in total. The summed E-state index contributed by atoms with van der Waals surface area (Å²) < 4.78 is 7.86. The van der Waals surface area contributed by atoms with Gasteiger partial charge < -0.3 is 9.30 Å². The number of ether oxygens (including phenoxy) is 1. The lowest BCUT2D eigenvalue weighted by Crippen LogP contribution is -2.24. The third kappa shape index (κ3) is 3.87. The maximum Gasteiger partial charge on any atom is 0.274 e. The SMILES string of the molecule is O=C(Nc1nc([C@@H]2C[C@@H](c3ccccn3)O2)cs1)c1cccn1Cc1ccncc1. The summed E-state index contributed by atoms with van der Waals surface area (Å²) in [7, 11) is 0. The molecule has 1 N–H and O–H groups in total. The zero-order valence-electron chi connectivity index (χ0n) is 16.0. The van der Waals surface area contributed by atoms with Gasteiger partial charge in [-0.05, 0) is 42.0 Å². The molecular weight excluding hydrogens is 398 g/mol. The molecule has 4 aromatic heterocycles. The lowest BCUT2D eigenvalue weighted by atomic mass is 10.00. The lowest BCUT2D eigenvalue weighted by Gasteiger charge is -2.34. The van der Waals surface area contributed by atoms with Crippen molar-refractivity contribution in [2.75, 3.05) is 5.32 Å². The minimum absolute atomic E-state index is 0.00686. The van der Waals surface area contributed by atoms with E-state index >= 15 is 0 Å². The van der Waals surface area contributed by atoms with Gasteiger partial charge in [-0.1, -0.05) is 6.07 Å². The summed E-state index contributed by atoms with van der Waals surface area (Å²) in [5.41, 5.74) is 3.44. The maximum atomic E-state index is 12.8. The number of amides is 1. The monoisotopic (exact) mass is 417 g/mol. The summed E-state index contributed by atoms with van der Waals surface area (Å²) in [4.78, 5) is 25.7. The van der Waals surface area contributed by atoms with Gasteiger partial charge >= 0.3 is 0 Å². The number of carbonyl (C=O) groups excluding carboxylic acids is 1. The van der Waals surface area contributed by atoms with Crippen molar-refractivity contribution in [2.45, 2.75) is 25.2 Å². The zero-order chi connectivity index (χ0) is 20.3. The van der Waals surface area contributed by atoms with Crippen molar-refractivity contribution >= 4 is 22.4 Å². The molecule has 0 saturated carbocycles. The highest BCUT2D eigenvalue weighted by atomic mass is 32.1. The first-order valence-corrected chi connectivity index (χ1v) is 10.5. The van der Waals surface area contributed by atoms with Crippen LogP contribution in [0.15, 0.2) is 72.6 Å². The van der Waals surface area contributed by atoms with Crippen molar-refractivity contribution in [1.82, 2.24) is 19.5 Å². The molecule has 0 aliphatic carbocycles. The summed E-state index contributed by atoms with van der Waals surface area (Å²) in [5.74, 6) is -0.184. The number of aromatic nitrogens is 4. The Balaban J connectivity index is 1.21. The van der Waals surface area contributed by atoms with Gasteiger partial charge in [0.15, 0.2) is 5.13 Å². The highest BCUT2D eigenvalue weighted by molar-refractivity contribution is 7.14. The average Bonchev–Trinajstić information content (AvgIpc) is 3.38. The van der Waals surface area contributed by atoms with E-state index in [-0.39, 0.29) is 18.1 Å². The van der Waals surface area contributed by atoms with Crippen LogP contribution in [0.5, 0.6) is 0 Å². The van der Waals surface area contributed by atoms with Crippen LogP contribution in [0.4, 0.5) is 5.13 Å². The molecule has 8 heteroatoms. The van der Waals surface area contributed by atoms with Crippen LogP contribution in [0.1, 0.15) is 46.1 Å². The molecule has 30 heavy (non-hydrogen) atoms. The molecule has 1 saturated heterocycles. The molecule has 5 heterocycles. The van der Waals surface area contributed by atoms with E-state index in [1.54, 1.807) is 24.7 Å². The Morgan fingerprint density at radius 2 is 1.93 bits per heavy atom. The van der Waals surface area contributed by atoms with Crippen molar-refractivity contribution < 1.29 is 9.53 Å². The van der Waals surface area contributed by atoms with Crippen molar-refractivity contribution in [3.8, 4) is 0 Å². The predicted molar refractivity (Wildman–Crippen MR) is 113 cm³/mol. The van der Waals surface area contributed by atoms with E-state index in [1.807, 2.05) is 52.5 Å². The van der Waals surface area contributed by atoms with Crippen LogP contribution in [0.25, 0.3) is 0 Å². The number of nitrogens with zero attached hydrogens (tertiary/aromatic N) is 4. The summed E-state index contributed by atoms with van der Waals surface area (Å²) in [5, 5.41) is 5.41. The van der Waals surface area contributed by atoms with Gasteiger partial charge in [0, 0.05) is 43.1 Å². The van der Waals surface area contributed by atoms with Crippen LogP contribution < -0.4 is 5.32 Å². The van der Waals surface area contributed by atoms with Gasteiger partial charge in [-0.3, -0.25) is 20.1 Å². The summed E-state index contributed by atoms with van der Waals surface area (Å²) in [6.45, 7) is 0.603. The second-order valence-corrected chi connectivity index (χ2v) is 7.87. The van der Waals surface area contributed by atoms with Crippen LogP contribution in [-0.2, 0) is 11.3 Å². The minimum atomic E-state index is -0.184. The van der Waals surface area contributed by atoms with Gasteiger partial charge in [-0.25, -0.2) is 4.98 Å². The van der Waals surface area contributed by atoms with Crippen LogP contribution >= 0.6 is 11.3 Å². The second kappa shape index (κ2) is 8.17. The van der Waals surface area contributed by atoms with E-state index in [0.717, 1.165) is 23.4 Å². The molecule has 4 aromatic rings. The molecule has 1 aliphatic rings. The molecule has 150 valence electrons. The quantitative estimate of drug-likeness (QED) is 0.507. The molecule has 0 radical (unpaired) electrons. The van der Waals surface area contributed by atoms with Crippen LogP contribution in [0, 0.1) is 0 Å². The lowest BCUT2D eigenvalue weighted by molar-refractivity contribution is -0.134. The van der Waals surface area contributed by atoms with Crippen LogP contribution in [-0.4, -0.2) is 25.4 Å². The van der Waals surface area contributed by atoms with E-state index in [0.29, 0.717) is 17.4 Å². The van der Waals surface area contributed by atoms with Gasteiger partial charge in [-0.2, -0.15) is 0 Å². The fourth-order valence-electron chi connectivity index (χ4n) is 3.42. The summed E-state index contributed by atoms with van der Waals surface area (Å²) >= 11 is 1.40. The zero-order valence-corrected chi connectivity index (χ0v) is 16.8. The van der Waals surface area contributed by atoms with Gasteiger partial charge in [0.05, 0.1) is 11.4 Å². The number of carbonyl (C=O) groups is 1. The smallest absolute Gasteiger partial charge is 0.274 e. The highest BCUT2D eigenvalue weighted by Gasteiger charge is 2.35. The number of pyridine rings is 2. The third-order valence-electron chi connectivity index (χ3n) is 5.01. The Morgan fingerprint density at radius 3 is 2.73 bits per heavy atom. The summed E-state index contributed by atoms with van der Waals surface area (Å²) in [6, 6.07) is 13.4. The third-order valence-corrected chi connectivity index (χ3v) is 5.79. The number of nitrogens with one attached hydrogen (secondary N) is 1. The molecule has 1 aliphatic heterocycles. The van der Waals surface area contributed by atoms with Gasteiger partial charge in [0.25, 0.3) is 5.91 Å². The Kier molecular flexibility index (Phi) is 5.08. The number of rotatable bonds is 6.